The van der Waals surface area contributed by atoms with E-state index < -0.39 is 10.8 Å². The summed E-state index contributed by atoms with van der Waals surface area (Å²) in [4.78, 5) is 18.6. The Balaban J connectivity index is 1.80. The first-order valence-electron chi connectivity index (χ1n) is 6.81. The highest BCUT2D eigenvalue weighted by Gasteiger charge is 2.23. The largest absolute Gasteiger partial charge is 0.335 e. The number of hydrogen-bond donors (Lipinski definition) is 0. The predicted molar refractivity (Wildman–Crippen MR) is 86.1 cm³/mol. The van der Waals surface area contributed by atoms with Crippen molar-refractivity contribution in [3.63, 3.8) is 0 Å². The molecule has 0 bridgehead atoms. The number of carbonyl (C=O) groups excluding carboxylic acids is 1. The van der Waals surface area contributed by atoms with Gasteiger partial charge in [0.15, 0.2) is 0 Å². The molecule has 1 aromatic heterocycles. The third-order valence-corrected chi connectivity index (χ3v) is 5.72. The Hall–Kier alpha value is -1.53. The minimum atomic E-state index is -0.773. The average molecular weight is 320 g/mol. The van der Waals surface area contributed by atoms with Gasteiger partial charge in [-0.2, -0.15) is 0 Å². The highest BCUT2D eigenvalue weighted by atomic mass is 32.2. The van der Waals surface area contributed by atoms with E-state index in [1.54, 1.807) is 4.90 Å². The van der Waals surface area contributed by atoms with Gasteiger partial charge in [-0.3, -0.25) is 9.00 Å². The van der Waals surface area contributed by atoms with Crippen molar-refractivity contribution in [2.24, 2.45) is 0 Å². The molecule has 0 unspecified atom stereocenters. The van der Waals surface area contributed by atoms with E-state index in [-0.39, 0.29) is 5.91 Å². The Morgan fingerprint density at radius 1 is 1.29 bits per heavy atom. The topological polar surface area (TPSA) is 50.3 Å². The summed E-state index contributed by atoms with van der Waals surface area (Å²) in [6.45, 7) is 3.16. The monoisotopic (exact) mass is 320 g/mol. The molecule has 2 heterocycles. The minimum Gasteiger partial charge on any atom is -0.335 e. The van der Waals surface area contributed by atoms with Crippen LogP contribution in [0.5, 0.6) is 0 Å². The van der Waals surface area contributed by atoms with Gasteiger partial charge in [-0.15, -0.1) is 11.3 Å². The van der Waals surface area contributed by atoms with Crippen LogP contribution in [0.15, 0.2) is 29.6 Å². The predicted octanol–water partition coefficient (Wildman–Crippen LogP) is 2.32. The Morgan fingerprint density at radius 3 is 2.71 bits per heavy atom. The van der Waals surface area contributed by atoms with Crippen molar-refractivity contribution < 1.29 is 9.00 Å². The number of benzene rings is 1. The van der Waals surface area contributed by atoms with Crippen molar-refractivity contribution in [1.82, 2.24) is 9.88 Å². The van der Waals surface area contributed by atoms with E-state index in [1.165, 1.54) is 11.3 Å². The lowest BCUT2D eigenvalue weighted by atomic mass is 10.1. The van der Waals surface area contributed by atoms with Crippen LogP contribution in [-0.2, 0) is 10.8 Å². The molecule has 3 rings (SSSR count). The van der Waals surface area contributed by atoms with Gasteiger partial charge < -0.3 is 4.90 Å². The normalized spacial score (nSPS) is 16.1. The molecular weight excluding hydrogens is 304 g/mol. The number of amides is 1. The Kier molecular flexibility index (Phi) is 4.17. The molecule has 0 N–H and O–H groups in total. The van der Waals surface area contributed by atoms with Crippen LogP contribution in [0.3, 0.4) is 0 Å². The molecule has 4 nitrogen and oxygen atoms in total. The number of carbonyl (C=O) groups is 1. The summed E-state index contributed by atoms with van der Waals surface area (Å²) < 4.78 is 11.4. The maximum atomic E-state index is 12.4. The van der Waals surface area contributed by atoms with Gasteiger partial charge in [-0.05, 0) is 12.5 Å². The van der Waals surface area contributed by atoms with Crippen molar-refractivity contribution in [3.8, 4) is 10.6 Å². The molecule has 1 aromatic carbocycles. The molecule has 0 spiro atoms. The fourth-order valence-electron chi connectivity index (χ4n) is 2.31. The number of hydrogen-bond acceptors (Lipinski definition) is 4. The van der Waals surface area contributed by atoms with Crippen LogP contribution in [-0.4, -0.2) is 44.6 Å². The molecule has 1 aliphatic rings. The SMILES string of the molecule is Cc1ccccc1-c1nc(C(=O)N2CCS(=O)CC2)cs1. The lowest BCUT2D eigenvalue weighted by Crippen LogP contribution is -2.41. The van der Waals surface area contributed by atoms with Crippen molar-refractivity contribution in [2.45, 2.75) is 6.92 Å². The van der Waals surface area contributed by atoms with Gasteiger partial charge in [0.05, 0.1) is 0 Å². The number of aryl methyl sites for hydroxylation is 1. The molecule has 1 fully saturated rings. The molecular formula is C15H16N2O2S2. The van der Waals surface area contributed by atoms with Crippen LogP contribution in [0.25, 0.3) is 10.6 Å². The van der Waals surface area contributed by atoms with E-state index >= 15 is 0 Å². The van der Waals surface area contributed by atoms with E-state index in [9.17, 15) is 9.00 Å². The summed E-state index contributed by atoms with van der Waals surface area (Å²) in [7, 11) is -0.773. The fraction of sp³-hybridized carbons (Fsp3) is 0.333. The van der Waals surface area contributed by atoms with Gasteiger partial charge in [0.25, 0.3) is 5.91 Å². The van der Waals surface area contributed by atoms with Crippen molar-refractivity contribution >= 4 is 28.0 Å². The minimum absolute atomic E-state index is 0.0530. The number of thiazole rings is 1. The molecule has 21 heavy (non-hydrogen) atoms. The van der Waals surface area contributed by atoms with E-state index in [1.807, 2.05) is 36.6 Å². The maximum Gasteiger partial charge on any atom is 0.273 e. The molecule has 6 heteroatoms. The van der Waals surface area contributed by atoms with Crippen LogP contribution in [0.2, 0.25) is 0 Å². The van der Waals surface area contributed by atoms with Gasteiger partial charge in [0, 0.05) is 46.3 Å². The molecule has 0 aliphatic carbocycles. The lowest BCUT2D eigenvalue weighted by Gasteiger charge is -2.25. The van der Waals surface area contributed by atoms with E-state index in [0.717, 1.165) is 16.1 Å². The first kappa shape index (κ1) is 14.4. The Morgan fingerprint density at radius 2 is 2.00 bits per heavy atom. The second kappa shape index (κ2) is 6.07. The smallest absolute Gasteiger partial charge is 0.273 e. The van der Waals surface area contributed by atoms with Crippen molar-refractivity contribution in [2.75, 3.05) is 24.6 Å². The lowest BCUT2D eigenvalue weighted by molar-refractivity contribution is 0.0766. The summed E-state index contributed by atoms with van der Waals surface area (Å²) in [6, 6.07) is 8.03. The van der Waals surface area contributed by atoms with Crippen LogP contribution in [0.4, 0.5) is 0 Å². The third kappa shape index (κ3) is 3.06. The zero-order valence-electron chi connectivity index (χ0n) is 11.7. The number of nitrogens with zero attached hydrogens (tertiary/aromatic N) is 2. The summed E-state index contributed by atoms with van der Waals surface area (Å²) in [6.07, 6.45) is 0. The number of rotatable bonds is 2. The maximum absolute atomic E-state index is 12.4. The van der Waals surface area contributed by atoms with E-state index in [2.05, 4.69) is 4.98 Å². The molecule has 2 aromatic rings. The van der Waals surface area contributed by atoms with Crippen LogP contribution in [0, 0.1) is 6.92 Å². The van der Waals surface area contributed by atoms with Crippen molar-refractivity contribution in [3.05, 3.63) is 40.9 Å². The summed E-state index contributed by atoms with van der Waals surface area (Å²) in [5.41, 5.74) is 2.71. The molecule has 0 radical (unpaired) electrons. The van der Waals surface area contributed by atoms with Crippen LogP contribution in [0.1, 0.15) is 16.1 Å². The summed E-state index contributed by atoms with van der Waals surface area (Å²) in [5, 5.41) is 2.69. The van der Waals surface area contributed by atoms with Crippen LogP contribution < -0.4 is 0 Å². The van der Waals surface area contributed by atoms with E-state index in [0.29, 0.717) is 30.3 Å². The molecule has 0 atom stereocenters. The van der Waals surface area contributed by atoms with E-state index in [4.69, 9.17) is 0 Å². The Labute approximate surface area is 130 Å². The van der Waals surface area contributed by atoms with Crippen molar-refractivity contribution in [1.29, 1.82) is 0 Å². The molecule has 0 saturated carbocycles. The fourth-order valence-corrected chi connectivity index (χ4v) is 4.25. The quantitative estimate of drug-likeness (QED) is 0.853. The second-order valence-electron chi connectivity index (χ2n) is 4.99. The highest BCUT2D eigenvalue weighted by Crippen LogP contribution is 2.27. The standard InChI is InChI=1S/C15H16N2O2S2/c1-11-4-2-3-5-12(11)14-16-13(10-20-14)15(18)17-6-8-21(19)9-7-17/h2-5,10H,6-9H2,1H3. The van der Waals surface area contributed by atoms with Gasteiger partial charge >= 0.3 is 0 Å². The second-order valence-corrected chi connectivity index (χ2v) is 7.55. The summed E-state index contributed by atoms with van der Waals surface area (Å²) >= 11 is 1.49. The zero-order valence-corrected chi connectivity index (χ0v) is 13.4. The molecule has 1 saturated heterocycles. The first-order valence-corrected chi connectivity index (χ1v) is 9.17. The molecule has 110 valence electrons. The highest BCUT2D eigenvalue weighted by molar-refractivity contribution is 7.85. The summed E-state index contributed by atoms with van der Waals surface area (Å²) in [5.74, 6) is 1.09. The average Bonchev–Trinajstić information content (AvgIpc) is 2.97. The van der Waals surface area contributed by atoms with Gasteiger partial charge in [0.1, 0.15) is 10.7 Å². The Bertz CT molecular complexity index is 686. The van der Waals surface area contributed by atoms with Gasteiger partial charge in [0.2, 0.25) is 0 Å². The number of aromatic nitrogens is 1. The third-order valence-electron chi connectivity index (χ3n) is 3.56. The van der Waals surface area contributed by atoms with Crippen LogP contribution >= 0.6 is 11.3 Å². The van der Waals surface area contributed by atoms with Gasteiger partial charge in [-0.1, -0.05) is 24.3 Å². The molecule has 1 aliphatic heterocycles. The molecule has 1 amide bonds. The first-order chi connectivity index (χ1) is 10.1. The van der Waals surface area contributed by atoms with Gasteiger partial charge in [-0.25, -0.2) is 4.98 Å². The zero-order chi connectivity index (χ0) is 14.8.